The Labute approximate surface area is 186 Å². The summed E-state index contributed by atoms with van der Waals surface area (Å²) in [7, 11) is 1.45. The highest BCUT2D eigenvalue weighted by Gasteiger charge is 2.34. The molecule has 0 spiro atoms. The van der Waals surface area contributed by atoms with Gasteiger partial charge in [-0.05, 0) is 42.5 Å². The van der Waals surface area contributed by atoms with Crippen molar-refractivity contribution in [3.05, 3.63) is 52.4 Å². The predicted molar refractivity (Wildman–Crippen MR) is 114 cm³/mol. The van der Waals surface area contributed by atoms with Gasteiger partial charge in [0.15, 0.2) is 5.11 Å². The Bertz CT molecular complexity index is 966. The number of methoxy groups -OCH3 is 1. The number of hydrazine groups is 1. The first kappa shape index (κ1) is 21.8. The zero-order valence-corrected chi connectivity index (χ0v) is 18.3. The van der Waals surface area contributed by atoms with Gasteiger partial charge in [-0.2, -0.15) is 0 Å². The summed E-state index contributed by atoms with van der Waals surface area (Å²) >= 11 is 8.36. The van der Waals surface area contributed by atoms with Crippen molar-refractivity contribution < 1.29 is 23.5 Å². The lowest BCUT2D eigenvalue weighted by atomic mass is 10.1. The molecule has 0 saturated carbocycles. The highest BCUT2D eigenvalue weighted by molar-refractivity contribution is 9.10. The molecule has 0 aliphatic carbocycles. The molecule has 2 aromatic rings. The Morgan fingerprint density at radius 1 is 1.33 bits per heavy atom. The van der Waals surface area contributed by atoms with E-state index in [9.17, 15) is 14.4 Å². The van der Waals surface area contributed by atoms with E-state index in [0.717, 1.165) is 0 Å². The van der Waals surface area contributed by atoms with Crippen LogP contribution in [-0.2, 0) is 16.1 Å². The minimum atomic E-state index is -0.538. The molecule has 158 valence electrons. The second-order valence-electron chi connectivity index (χ2n) is 6.50. The molecule has 1 aliphatic heterocycles. The van der Waals surface area contributed by atoms with E-state index in [4.69, 9.17) is 21.4 Å². The molecule has 30 heavy (non-hydrogen) atoms. The summed E-state index contributed by atoms with van der Waals surface area (Å²) in [6, 6.07) is 8.48. The number of halogens is 1. The number of benzene rings is 1. The third kappa shape index (κ3) is 5.36. The van der Waals surface area contributed by atoms with Gasteiger partial charge in [0.1, 0.15) is 11.5 Å². The molecule has 2 heterocycles. The van der Waals surface area contributed by atoms with Gasteiger partial charge >= 0.3 is 0 Å². The number of amides is 3. The Morgan fingerprint density at radius 3 is 2.83 bits per heavy atom. The maximum atomic E-state index is 12.4. The largest absolute Gasteiger partial charge is 0.496 e. The van der Waals surface area contributed by atoms with Crippen molar-refractivity contribution in [1.29, 1.82) is 0 Å². The fourth-order valence-electron chi connectivity index (χ4n) is 2.97. The lowest BCUT2D eigenvalue weighted by Gasteiger charge is -2.16. The van der Waals surface area contributed by atoms with Crippen LogP contribution in [0.3, 0.4) is 0 Å². The number of thiocarbonyl (C=S) groups is 1. The highest BCUT2D eigenvalue weighted by atomic mass is 79.9. The number of hydrogen-bond acceptors (Lipinski definition) is 6. The van der Waals surface area contributed by atoms with Crippen molar-refractivity contribution in [1.82, 2.24) is 21.1 Å². The van der Waals surface area contributed by atoms with Crippen molar-refractivity contribution in [3.63, 3.8) is 0 Å². The van der Waals surface area contributed by atoms with Crippen LogP contribution in [0.5, 0.6) is 5.75 Å². The number of ether oxygens (including phenoxy) is 1. The minimum Gasteiger partial charge on any atom is -0.496 e. The van der Waals surface area contributed by atoms with Crippen LogP contribution < -0.4 is 20.9 Å². The van der Waals surface area contributed by atoms with E-state index in [-0.39, 0.29) is 29.5 Å². The van der Waals surface area contributed by atoms with E-state index in [2.05, 4.69) is 32.1 Å². The third-order valence-corrected chi connectivity index (χ3v) is 5.14. The van der Waals surface area contributed by atoms with Gasteiger partial charge < -0.3 is 14.1 Å². The van der Waals surface area contributed by atoms with Gasteiger partial charge in [-0.3, -0.25) is 30.6 Å². The van der Waals surface area contributed by atoms with Crippen molar-refractivity contribution >= 4 is 51.0 Å². The maximum Gasteiger partial charge on any atom is 0.261 e. The van der Waals surface area contributed by atoms with Crippen molar-refractivity contribution in [2.24, 2.45) is 5.92 Å². The molecule has 3 rings (SSSR count). The molecule has 1 unspecified atom stereocenters. The number of hydrogen-bond donors (Lipinski definition) is 3. The van der Waals surface area contributed by atoms with Crippen LogP contribution in [-0.4, -0.2) is 41.4 Å². The zero-order chi connectivity index (χ0) is 21.7. The number of likely N-dealkylation sites (tertiary alicyclic amines) is 1. The van der Waals surface area contributed by atoms with Gasteiger partial charge in [0.25, 0.3) is 5.91 Å². The molecule has 1 fully saturated rings. The summed E-state index contributed by atoms with van der Waals surface area (Å²) in [5, 5.41) is 2.38. The summed E-state index contributed by atoms with van der Waals surface area (Å²) in [4.78, 5) is 38.5. The number of furan rings is 1. The van der Waals surface area contributed by atoms with Crippen LogP contribution in [0, 0.1) is 5.92 Å². The summed E-state index contributed by atoms with van der Waals surface area (Å²) in [6.45, 7) is 0.577. The van der Waals surface area contributed by atoms with Gasteiger partial charge in [-0.15, -0.1) is 0 Å². The number of rotatable bonds is 5. The normalized spacial score (nSPS) is 15.6. The van der Waals surface area contributed by atoms with Crippen molar-refractivity contribution in [3.8, 4) is 5.75 Å². The van der Waals surface area contributed by atoms with Gasteiger partial charge in [0.05, 0.1) is 31.4 Å². The maximum absolute atomic E-state index is 12.4. The first-order chi connectivity index (χ1) is 14.4. The first-order valence-electron chi connectivity index (χ1n) is 8.92. The molecule has 1 saturated heterocycles. The van der Waals surface area contributed by atoms with Crippen LogP contribution in [0.2, 0.25) is 0 Å². The van der Waals surface area contributed by atoms with Crippen LogP contribution >= 0.6 is 28.1 Å². The lowest BCUT2D eigenvalue weighted by molar-refractivity contribution is -0.129. The monoisotopic (exact) mass is 494 g/mol. The van der Waals surface area contributed by atoms with Gasteiger partial charge in [0, 0.05) is 17.4 Å². The fourth-order valence-corrected chi connectivity index (χ4v) is 3.48. The molecule has 1 aromatic heterocycles. The highest BCUT2D eigenvalue weighted by Crippen LogP contribution is 2.23. The van der Waals surface area contributed by atoms with Crippen LogP contribution in [0.25, 0.3) is 0 Å². The zero-order valence-electron chi connectivity index (χ0n) is 15.9. The molecule has 1 aromatic carbocycles. The quantitative estimate of drug-likeness (QED) is 0.428. The fraction of sp³-hybridized carbons (Fsp3) is 0.263. The molecule has 1 atom stereocenters. The van der Waals surface area contributed by atoms with Gasteiger partial charge in [-0.1, -0.05) is 15.9 Å². The van der Waals surface area contributed by atoms with Gasteiger partial charge in [0.2, 0.25) is 11.8 Å². The van der Waals surface area contributed by atoms with E-state index in [1.807, 2.05) is 0 Å². The molecule has 0 radical (unpaired) electrons. The average molecular weight is 495 g/mol. The number of nitrogens with one attached hydrogen (secondary N) is 3. The average Bonchev–Trinajstić information content (AvgIpc) is 3.36. The van der Waals surface area contributed by atoms with Crippen molar-refractivity contribution in [2.45, 2.75) is 13.0 Å². The molecule has 3 N–H and O–H groups in total. The summed E-state index contributed by atoms with van der Waals surface area (Å²) in [6.07, 6.45) is 1.62. The summed E-state index contributed by atoms with van der Waals surface area (Å²) in [5.41, 5.74) is 5.20. The van der Waals surface area contributed by atoms with Crippen LogP contribution in [0.1, 0.15) is 22.5 Å². The molecular weight excluding hydrogens is 476 g/mol. The van der Waals surface area contributed by atoms with E-state index in [0.29, 0.717) is 22.5 Å². The first-order valence-corrected chi connectivity index (χ1v) is 10.1. The standard InChI is InChI=1S/C19H19BrN4O5S/c1-28-15-5-4-12(20)8-14(15)18(27)21-19(30)23-22-17(26)11-7-16(25)24(9-11)10-13-3-2-6-29-13/h2-6,8,11H,7,9-10H2,1H3,(H,22,26)(H2,21,23,27,30). The van der Waals surface area contributed by atoms with E-state index in [1.54, 1.807) is 35.2 Å². The molecule has 11 heteroatoms. The van der Waals surface area contributed by atoms with Crippen molar-refractivity contribution in [2.75, 3.05) is 13.7 Å². The second-order valence-corrected chi connectivity index (χ2v) is 7.82. The Balaban J connectivity index is 1.49. The van der Waals surface area contributed by atoms with Crippen LogP contribution in [0.15, 0.2) is 45.5 Å². The second kappa shape index (κ2) is 9.72. The Morgan fingerprint density at radius 2 is 2.13 bits per heavy atom. The van der Waals surface area contributed by atoms with E-state index < -0.39 is 17.7 Å². The van der Waals surface area contributed by atoms with Gasteiger partial charge in [-0.25, -0.2) is 0 Å². The summed E-state index contributed by atoms with van der Waals surface area (Å²) in [5.74, 6) is -0.548. The minimum absolute atomic E-state index is 0.0859. The topological polar surface area (TPSA) is 113 Å². The molecular formula is C19H19BrN4O5S. The Kier molecular flexibility index (Phi) is 7.06. The van der Waals surface area contributed by atoms with Crippen LogP contribution in [0.4, 0.5) is 0 Å². The molecule has 0 bridgehead atoms. The molecule has 3 amide bonds. The summed E-state index contributed by atoms with van der Waals surface area (Å²) < 4.78 is 11.1. The third-order valence-electron chi connectivity index (χ3n) is 4.44. The smallest absolute Gasteiger partial charge is 0.261 e. The van der Waals surface area contributed by atoms with E-state index in [1.165, 1.54) is 13.4 Å². The van der Waals surface area contributed by atoms with E-state index >= 15 is 0 Å². The SMILES string of the molecule is COc1ccc(Br)cc1C(=O)NC(=S)NNC(=O)C1CC(=O)N(Cc2ccco2)C1. The molecule has 1 aliphatic rings. The number of carbonyl (C=O) groups excluding carboxylic acids is 3. The molecule has 9 nitrogen and oxygen atoms in total. The number of carbonyl (C=O) groups is 3. The Hall–Kier alpha value is -2.92. The lowest BCUT2D eigenvalue weighted by Crippen LogP contribution is -2.50. The predicted octanol–water partition coefficient (Wildman–Crippen LogP) is 1.73. The number of nitrogens with zero attached hydrogens (tertiary/aromatic N) is 1.